The second kappa shape index (κ2) is 7.88. The Hall–Kier alpha value is -3.73. The Bertz CT molecular complexity index is 1130. The number of carbonyl (C=O) groups excluding carboxylic acids is 1. The third-order valence-corrected chi connectivity index (χ3v) is 4.31. The van der Waals surface area contributed by atoms with Crippen molar-refractivity contribution in [2.75, 3.05) is 0 Å². The minimum absolute atomic E-state index is 0.0847. The van der Waals surface area contributed by atoms with E-state index < -0.39 is 5.82 Å². The zero-order chi connectivity index (χ0) is 19.3. The number of halogens is 1. The molecule has 5 heteroatoms. The quantitative estimate of drug-likeness (QED) is 0.530. The normalized spacial score (nSPS) is 10.6. The van der Waals surface area contributed by atoms with E-state index in [1.165, 1.54) is 6.07 Å². The number of benzene rings is 3. The van der Waals surface area contributed by atoms with Crippen molar-refractivity contribution in [1.29, 1.82) is 0 Å². The molecule has 0 spiro atoms. The molecule has 1 N–H and O–H groups in total. The Kier molecular flexibility index (Phi) is 4.97. The van der Waals surface area contributed by atoms with Crippen molar-refractivity contribution in [2.24, 2.45) is 0 Å². The van der Waals surface area contributed by atoms with E-state index in [0.717, 1.165) is 10.9 Å². The maximum Gasteiger partial charge on any atom is 0.251 e. The van der Waals surface area contributed by atoms with E-state index in [9.17, 15) is 9.18 Å². The Morgan fingerprint density at radius 2 is 1.79 bits per heavy atom. The van der Waals surface area contributed by atoms with Crippen LogP contribution in [0.15, 0.2) is 85.1 Å². The summed E-state index contributed by atoms with van der Waals surface area (Å²) < 4.78 is 20.0. The number of hydrogen-bond acceptors (Lipinski definition) is 3. The first-order valence-electron chi connectivity index (χ1n) is 8.83. The molecule has 28 heavy (non-hydrogen) atoms. The molecule has 0 fully saturated rings. The summed E-state index contributed by atoms with van der Waals surface area (Å²) in [6.45, 7) is 0.0847. The fourth-order valence-electron chi connectivity index (χ4n) is 2.85. The van der Waals surface area contributed by atoms with Gasteiger partial charge in [0.05, 0.1) is 5.52 Å². The molecule has 1 amide bonds. The molecule has 4 rings (SSSR count). The van der Waals surface area contributed by atoms with Gasteiger partial charge < -0.3 is 10.1 Å². The van der Waals surface area contributed by atoms with Gasteiger partial charge in [0.2, 0.25) is 0 Å². The molecule has 0 bridgehead atoms. The first-order valence-corrected chi connectivity index (χ1v) is 8.83. The van der Waals surface area contributed by atoms with Crippen LogP contribution in [-0.4, -0.2) is 10.9 Å². The van der Waals surface area contributed by atoms with Crippen molar-refractivity contribution in [1.82, 2.24) is 10.3 Å². The van der Waals surface area contributed by atoms with Crippen LogP contribution in [0.3, 0.4) is 0 Å². The summed E-state index contributed by atoms with van der Waals surface area (Å²) >= 11 is 0. The number of ether oxygens (including phenoxy) is 1. The van der Waals surface area contributed by atoms with Crippen LogP contribution in [0.25, 0.3) is 10.9 Å². The number of amides is 1. The Labute approximate surface area is 161 Å². The SMILES string of the molecule is O=C(NCc1ccc(Oc2ccccc2)cc1F)c1ccc2ncccc2c1. The molecular weight excluding hydrogens is 355 g/mol. The number of aromatic nitrogens is 1. The minimum atomic E-state index is -0.434. The lowest BCUT2D eigenvalue weighted by atomic mass is 10.1. The molecule has 0 unspecified atom stereocenters. The molecule has 0 radical (unpaired) electrons. The van der Waals surface area contributed by atoms with E-state index in [1.807, 2.05) is 30.3 Å². The van der Waals surface area contributed by atoms with Gasteiger partial charge in [-0.2, -0.15) is 0 Å². The Morgan fingerprint density at radius 1 is 0.929 bits per heavy atom. The number of fused-ring (bicyclic) bond motifs is 1. The van der Waals surface area contributed by atoms with Crippen molar-refractivity contribution in [3.63, 3.8) is 0 Å². The molecule has 4 nitrogen and oxygen atoms in total. The summed E-state index contributed by atoms with van der Waals surface area (Å²) in [6.07, 6.45) is 1.70. The van der Waals surface area contributed by atoms with Crippen LogP contribution in [0.2, 0.25) is 0 Å². The fourth-order valence-corrected chi connectivity index (χ4v) is 2.85. The lowest BCUT2D eigenvalue weighted by molar-refractivity contribution is 0.0950. The predicted molar refractivity (Wildman–Crippen MR) is 106 cm³/mol. The van der Waals surface area contributed by atoms with Crippen LogP contribution >= 0.6 is 0 Å². The van der Waals surface area contributed by atoms with Crippen LogP contribution in [-0.2, 0) is 6.54 Å². The van der Waals surface area contributed by atoms with Gasteiger partial charge >= 0.3 is 0 Å². The summed E-state index contributed by atoms with van der Waals surface area (Å²) in [7, 11) is 0. The van der Waals surface area contributed by atoms with Crippen molar-refractivity contribution in [3.05, 3.63) is 102 Å². The smallest absolute Gasteiger partial charge is 0.251 e. The van der Waals surface area contributed by atoms with Gasteiger partial charge in [0.1, 0.15) is 17.3 Å². The first kappa shape index (κ1) is 17.7. The summed E-state index contributed by atoms with van der Waals surface area (Å²) in [5.74, 6) is 0.334. The highest BCUT2D eigenvalue weighted by Crippen LogP contribution is 2.23. The van der Waals surface area contributed by atoms with Crippen molar-refractivity contribution < 1.29 is 13.9 Å². The maximum atomic E-state index is 14.4. The largest absolute Gasteiger partial charge is 0.457 e. The van der Waals surface area contributed by atoms with Gasteiger partial charge in [0, 0.05) is 35.3 Å². The molecule has 0 aliphatic heterocycles. The van der Waals surface area contributed by atoms with E-state index >= 15 is 0 Å². The minimum Gasteiger partial charge on any atom is -0.457 e. The van der Waals surface area contributed by atoms with Crippen LogP contribution in [0.5, 0.6) is 11.5 Å². The molecule has 138 valence electrons. The summed E-state index contributed by atoms with van der Waals surface area (Å²) in [4.78, 5) is 16.6. The summed E-state index contributed by atoms with van der Waals surface area (Å²) in [5, 5.41) is 3.63. The standard InChI is InChI=1S/C23H17FN2O2/c24-21-14-20(28-19-6-2-1-3-7-19)10-8-18(21)15-26-23(27)17-9-11-22-16(13-17)5-4-12-25-22/h1-14H,15H2,(H,26,27). The third-order valence-electron chi connectivity index (χ3n) is 4.31. The number of para-hydroxylation sites is 1. The van der Waals surface area contributed by atoms with E-state index in [1.54, 1.807) is 48.7 Å². The summed E-state index contributed by atoms with van der Waals surface area (Å²) in [6, 6.07) is 22.7. The van der Waals surface area contributed by atoms with Gasteiger partial charge in [0.25, 0.3) is 5.91 Å². The highest BCUT2D eigenvalue weighted by Gasteiger charge is 2.10. The second-order valence-electron chi connectivity index (χ2n) is 6.26. The molecule has 0 saturated carbocycles. The number of rotatable bonds is 5. The van der Waals surface area contributed by atoms with Crippen LogP contribution in [0, 0.1) is 5.82 Å². The van der Waals surface area contributed by atoms with Crippen LogP contribution < -0.4 is 10.1 Å². The van der Waals surface area contributed by atoms with Gasteiger partial charge in [-0.3, -0.25) is 9.78 Å². The summed E-state index contributed by atoms with van der Waals surface area (Å²) in [5.41, 5.74) is 1.71. The van der Waals surface area contributed by atoms with Gasteiger partial charge in [-0.1, -0.05) is 30.3 Å². The molecule has 0 aliphatic carbocycles. The van der Waals surface area contributed by atoms with Crippen LogP contribution in [0.4, 0.5) is 4.39 Å². The van der Waals surface area contributed by atoms with Crippen molar-refractivity contribution in [3.8, 4) is 11.5 Å². The first-order chi connectivity index (χ1) is 13.7. The molecule has 1 aromatic heterocycles. The number of hydrogen-bond donors (Lipinski definition) is 1. The molecule has 0 saturated heterocycles. The zero-order valence-corrected chi connectivity index (χ0v) is 14.9. The maximum absolute atomic E-state index is 14.4. The lowest BCUT2D eigenvalue weighted by Gasteiger charge is -2.10. The average molecular weight is 372 g/mol. The predicted octanol–water partition coefficient (Wildman–Crippen LogP) is 5.10. The van der Waals surface area contributed by atoms with Gasteiger partial charge in [0.15, 0.2) is 0 Å². The topological polar surface area (TPSA) is 51.2 Å². The Balaban J connectivity index is 1.43. The number of carbonyl (C=O) groups is 1. The third kappa shape index (κ3) is 3.99. The number of nitrogens with one attached hydrogen (secondary N) is 1. The number of pyridine rings is 1. The van der Waals surface area contributed by atoms with Crippen molar-refractivity contribution >= 4 is 16.8 Å². The van der Waals surface area contributed by atoms with Gasteiger partial charge in [-0.25, -0.2) is 4.39 Å². The second-order valence-corrected chi connectivity index (χ2v) is 6.26. The zero-order valence-electron chi connectivity index (χ0n) is 14.9. The molecule has 4 aromatic rings. The number of nitrogens with zero attached hydrogens (tertiary/aromatic N) is 1. The van der Waals surface area contributed by atoms with Crippen molar-refractivity contribution in [2.45, 2.75) is 6.54 Å². The Morgan fingerprint density at radius 3 is 2.61 bits per heavy atom. The van der Waals surface area contributed by atoms with E-state index in [4.69, 9.17) is 4.74 Å². The molecule has 0 atom stereocenters. The van der Waals surface area contributed by atoms with E-state index in [-0.39, 0.29) is 12.5 Å². The van der Waals surface area contributed by atoms with E-state index in [2.05, 4.69) is 10.3 Å². The van der Waals surface area contributed by atoms with Gasteiger partial charge in [-0.05, 0) is 42.5 Å². The molecule has 0 aliphatic rings. The lowest BCUT2D eigenvalue weighted by Crippen LogP contribution is -2.23. The monoisotopic (exact) mass is 372 g/mol. The molecule has 3 aromatic carbocycles. The molecule has 1 heterocycles. The van der Waals surface area contributed by atoms with E-state index in [0.29, 0.717) is 22.6 Å². The molecular formula is C23H17FN2O2. The van der Waals surface area contributed by atoms with Crippen LogP contribution in [0.1, 0.15) is 15.9 Å². The van der Waals surface area contributed by atoms with Gasteiger partial charge in [-0.15, -0.1) is 0 Å². The average Bonchev–Trinajstić information content (AvgIpc) is 2.73. The highest BCUT2D eigenvalue weighted by atomic mass is 19.1. The fraction of sp³-hybridized carbons (Fsp3) is 0.0435. The highest BCUT2D eigenvalue weighted by molar-refractivity contribution is 5.97.